The van der Waals surface area contributed by atoms with Gasteiger partial charge in [0.05, 0.1) is 0 Å². The summed E-state index contributed by atoms with van der Waals surface area (Å²) in [6.45, 7) is 11.9. The van der Waals surface area contributed by atoms with Crippen molar-refractivity contribution in [2.24, 2.45) is 5.92 Å². The van der Waals surface area contributed by atoms with E-state index < -0.39 is 0 Å². The van der Waals surface area contributed by atoms with E-state index in [1.54, 1.807) is 0 Å². The van der Waals surface area contributed by atoms with Crippen LogP contribution in [0.4, 0.5) is 5.69 Å². The zero-order chi connectivity index (χ0) is 15.4. The molecule has 1 N–H and O–H groups in total. The average molecular weight is 310 g/mol. The zero-order valence-electron chi connectivity index (χ0n) is 13.7. The van der Waals surface area contributed by atoms with Crippen LogP contribution >= 0.6 is 11.6 Å². The first-order chi connectivity index (χ1) is 9.97. The van der Waals surface area contributed by atoms with Crippen LogP contribution in [0.2, 0.25) is 5.02 Å². The van der Waals surface area contributed by atoms with Crippen LogP contribution in [0, 0.1) is 5.92 Å². The Morgan fingerprint density at radius 1 is 1.33 bits per heavy atom. The number of hydrogen-bond donors (Lipinski definition) is 1. The van der Waals surface area contributed by atoms with E-state index >= 15 is 0 Å². The molecule has 118 valence electrons. The summed E-state index contributed by atoms with van der Waals surface area (Å²) >= 11 is 6.46. The monoisotopic (exact) mass is 309 g/mol. The number of rotatable bonds is 5. The lowest BCUT2D eigenvalue weighted by Crippen LogP contribution is -2.50. The molecule has 0 bridgehead atoms. The van der Waals surface area contributed by atoms with Crippen molar-refractivity contribution in [1.29, 1.82) is 0 Å². The lowest BCUT2D eigenvalue weighted by molar-refractivity contribution is 0.275. The van der Waals surface area contributed by atoms with Crippen molar-refractivity contribution in [1.82, 2.24) is 10.2 Å². The molecule has 1 heterocycles. The fourth-order valence-electron chi connectivity index (χ4n) is 2.88. The molecule has 4 heteroatoms. The molecule has 1 aromatic carbocycles. The van der Waals surface area contributed by atoms with Gasteiger partial charge in [-0.05, 0) is 44.1 Å². The fourth-order valence-corrected chi connectivity index (χ4v) is 3.12. The number of hydrogen-bond acceptors (Lipinski definition) is 3. The van der Waals surface area contributed by atoms with Gasteiger partial charge in [-0.15, -0.1) is 0 Å². The van der Waals surface area contributed by atoms with Gasteiger partial charge in [0.2, 0.25) is 0 Å². The minimum atomic E-state index is 0.532. The van der Waals surface area contributed by atoms with E-state index in [1.807, 2.05) is 0 Å². The van der Waals surface area contributed by atoms with Gasteiger partial charge in [0.1, 0.15) is 0 Å². The van der Waals surface area contributed by atoms with E-state index in [1.165, 1.54) is 11.3 Å². The number of benzene rings is 1. The maximum atomic E-state index is 6.46. The molecule has 0 aromatic heterocycles. The van der Waals surface area contributed by atoms with Crippen molar-refractivity contribution in [3.63, 3.8) is 0 Å². The Morgan fingerprint density at radius 2 is 2.10 bits per heavy atom. The number of likely N-dealkylation sites (N-methyl/N-ethyl adjacent to an activating group) is 1. The molecule has 0 amide bonds. The largest absolute Gasteiger partial charge is 0.366 e. The third-order valence-corrected chi connectivity index (χ3v) is 4.42. The van der Waals surface area contributed by atoms with Gasteiger partial charge in [0, 0.05) is 42.9 Å². The maximum absolute atomic E-state index is 6.46. The molecule has 1 saturated heterocycles. The molecule has 0 spiro atoms. The summed E-state index contributed by atoms with van der Waals surface area (Å²) in [4.78, 5) is 4.84. The highest BCUT2D eigenvalue weighted by Gasteiger charge is 2.22. The number of nitrogens with one attached hydrogen (secondary N) is 1. The molecule has 21 heavy (non-hydrogen) atoms. The van der Waals surface area contributed by atoms with Crippen molar-refractivity contribution in [2.75, 3.05) is 38.1 Å². The maximum Gasteiger partial charge on any atom is 0.0471 e. The summed E-state index contributed by atoms with van der Waals surface area (Å²) in [6.07, 6.45) is 0. The summed E-state index contributed by atoms with van der Waals surface area (Å²) in [5, 5.41) is 4.32. The van der Waals surface area contributed by atoms with Crippen molar-refractivity contribution in [3.8, 4) is 0 Å². The molecule has 2 rings (SSSR count). The number of nitrogens with zero attached hydrogens (tertiary/aromatic N) is 2. The second kappa shape index (κ2) is 7.48. The Balaban J connectivity index is 2.01. The fraction of sp³-hybridized carbons (Fsp3) is 0.647. The number of anilines is 1. The van der Waals surface area contributed by atoms with Crippen LogP contribution in [0.15, 0.2) is 18.2 Å². The van der Waals surface area contributed by atoms with Gasteiger partial charge < -0.3 is 15.1 Å². The molecule has 1 aliphatic heterocycles. The molecule has 1 aromatic rings. The molecule has 1 aliphatic rings. The van der Waals surface area contributed by atoms with Crippen LogP contribution in [0.25, 0.3) is 0 Å². The molecule has 1 atom stereocenters. The molecule has 0 aliphatic carbocycles. The van der Waals surface area contributed by atoms with E-state index in [-0.39, 0.29) is 0 Å². The third-order valence-electron chi connectivity index (χ3n) is 4.07. The Kier molecular flexibility index (Phi) is 5.91. The van der Waals surface area contributed by atoms with Gasteiger partial charge >= 0.3 is 0 Å². The average Bonchev–Trinajstić information content (AvgIpc) is 2.40. The van der Waals surface area contributed by atoms with Gasteiger partial charge in [0.25, 0.3) is 0 Å². The minimum Gasteiger partial charge on any atom is -0.366 e. The SMILES string of the molecule is CC(C)CNCc1ccc(N2CCN(C)CC2C)cc1Cl. The zero-order valence-corrected chi connectivity index (χ0v) is 14.5. The summed E-state index contributed by atoms with van der Waals surface area (Å²) in [7, 11) is 2.18. The van der Waals surface area contributed by atoms with E-state index in [4.69, 9.17) is 11.6 Å². The summed E-state index contributed by atoms with van der Waals surface area (Å²) < 4.78 is 0. The van der Waals surface area contributed by atoms with E-state index in [0.29, 0.717) is 12.0 Å². The van der Waals surface area contributed by atoms with Gasteiger partial charge in [-0.3, -0.25) is 0 Å². The van der Waals surface area contributed by atoms with Crippen molar-refractivity contribution in [3.05, 3.63) is 28.8 Å². The van der Waals surface area contributed by atoms with Gasteiger partial charge in [-0.25, -0.2) is 0 Å². The molecule has 0 radical (unpaired) electrons. The van der Waals surface area contributed by atoms with Crippen LogP contribution in [0.3, 0.4) is 0 Å². The predicted molar refractivity (Wildman–Crippen MR) is 92.3 cm³/mol. The Labute approximate surface area is 134 Å². The standard InChI is InChI=1S/C17H28ClN3/c1-13(2)10-19-11-15-5-6-16(9-17(15)18)21-8-7-20(4)12-14(21)3/h5-6,9,13-14,19H,7-8,10-12H2,1-4H3. The quantitative estimate of drug-likeness (QED) is 0.901. The first-order valence-corrected chi connectivity index (χ1v) is 8.29. The highest BCUT2D eigenvalue weighted by atomic mass is 35.5. The number of halogens is 1. The van der Waals surface area contributed by atoms with Gasteiger partial charge in [0.15, 0.2) is 0 Å². The van der Waals surface area contributed by atoms with Crippen LogP contribution in [0.1, 0.15) is 26.3 Å². The second-order valence-corrected chi connectivity index (χ2v) is 7.01. The van der Waals surface area contributed by atoms with E-state index in [0.717, 1.165) is 37.7 Å². The van der Waals surface area contributed by atoms with Gasteiger partial charge in [-0.1, -0.05) is 31.5 Å². The van der Waals surface area contributed by atoms with Gasteiger partial charge in [-0.2, -0.15) is 0 Å². The topological polar surface area (TPSA) is 18.5 Å². The minimum absolute atomic E-state index is 0.532. The predicted octanol–water partition coefficient (Wildman–Crippen LogP) is 3.23. The van der Waals surface area contributed by atoms with Crippen molar-refractivity contribution < 1.29 is 0 Å². The van der Waals surface area contributed by atoms with Crippen molar-refractivity contribution in [2.45, 2.75) is 33.4 Å². The molecule has 0 saturated carbocycles. The molecule has 1 fully saturated rings. The molecular formula is C17H28ClN3. The van der Waals surface area contributed by atoms with Crippen LogP contribution in [0.5, 0.6) is 0 Å². The third kappa shape index (κ3) is 4.60. The molecule has 1 unspecified atom stereocenters. The van der Waals surface area contributed by atoms with Crippen LogP contribution < -0.4 is 10.2 Å². The van der Waals surface area contributed by atoms with E-state index in [9.17, 15) is 0 Å². The smallest absolute Gasteiger partial charge is 0.0471 e. The Hall–Kier alpha value is -0.770. The summed E-state index contributed by atoms with van der Waals surface area (Å²) in [5.74, 6) is 0.661. The molecule has 3 nitrogen and oxygen atoms in total. The molecular weight excluding hydrogens is 282 g/mol. The highest BCUT2D eigenvalue weighted by molar-refractivity contribution is 6.31. The lowest BCUT2D eigenvalue weighted by atomic mass is 10.1. The first kappa shape index (κ1) is 16.6. The van der Waals surface area contributed by atoms with E-state index in [2.05, 4.69) is 61.1 Å². The summed E-state index contributed by atoms with van der Waals surface area (Å²) in [5.41, 5.74) is 2.43. The van der Waals surface area contributed by atoms with Crippen LogP contribution in [-0.4, -0.2) is 44.2 Å². The second-order valence-electron chi connectivity index (χ2n) is 6.61. The first-order valence-electron chi connectivity index (χ1n) is 7.91. The summed E-state index contributed by atoms with van der Waals surface area (Å²) in [6, 6.07) is 7.02. The Bertz CT molecular complexity index is 461. The lowest BCUT2D eigenvalue weighted by Gasteiger charge is -2.40. The van der Waals surface area contributed by atoms with Crippen molar-refractivity contribution >= 4 is 17.3 Å². The Morgan fingerprint density at radius 3 is 2.71 bits per heavy atom. The van der Waals surface area contributed by atoms with Crippen LogP contribution in [-0.2, 0) is 6.54 Å². The normalized spacial score (nSPS) is 20.3. The number of piperazine rings is 1. The highest BCUT2D eigenvalue weighted by Crippen LogP contribution is 2.26.